The summed E-state index contributed by atoms with van der Waals surface area (Å²) in [5.74, 6) is 1.06. The smallest absolute Gasteiger partial charge is 0.127 e. The summed E-state index contributed by atoms with van der Waals surface area (Å²) < 4.78 is 3.75. The highest BCUT2D eigenvalue weighted by molar-refractivity contribution is 5.85. The Bertz CT molecular complexity index is 415. The van der Waals surface area contributed by atoms with Gasteiger partial charge in [0.05, 0.1) is 24.6 Å². The van der Waals surface area contributed by atoms with Crippen molar-refractivity contribution >= 4 is 18.2 Å². The van der Waals surface area contributed by atoms with Crippen LogP contribution in [0.25, 0.3) is 0 Å². The van der Waals surface area contributed by atoms with Crippen LogP contribution in [0.2, 0.25) is 0 Å². The van der Waals surface area contributed by atoms with Crippen molar-refractivity contribution < 1.29 is 0 Å². The maximum Gasteiger partial charge on any atom is 0.127 e. The van der Waals surface area contributed by atoms with Gasteiger partial charge in [-0.1, -0.05) is 0 Å². The maximum absolute atomic E-state index is 4.22. The number of aryl methyl sites for hydroxylation is 4. The highest BCUT2D eigenvalue weighted by Gasteiger charge is 2.07. The van der Waals surface area contributed by atoms with Crippen molar-refractivity contribution in [1.29, 1.82) is 0 Å². The van der Waals surface area contributed by atoms with Crippen molar-refractivity contribution in [2.24, 2.45) is 14.1 Å². The number of hydrogen-bond donors (Lipinski definition) is 1. The van der Waals surface area contributed by atoms with E-state index in [2.05, 4.69) is 22.4 Å². The Balaban J connectivity index is 0.00000144. The average Bonchev–Trinajstić information content (AvgIpc) is 2.72. The first-order valence-corrected chi connectivity index (χ1v) is 5.29. The van der Waals surface area contributed by atoms with E-state index in [4.69, 9.17) is 0 Å². The van der Waals surface area contributed by atoms with Gasteiger partial charge in [-0.25, -0.2) is 0 Å². The minimum Gasteiger partial charge on any atom is -0.364 e. The van der Waals surface area contributed by atoms with E-state index < -0.39 is 0 Å². The zero-order valence-electron chi connectivity index (χ0n) is 10.6. The van der Waals surface area contributed by atoms with Gasteiger partial charge < -0.3 is 5.32 Å². The Kier molecular flexibility index (Phi) is 4.17. The summed E-state index contributed by atoms with van der Waals surface area (Å²) in [6.45, 7) is 4.88. The van der Waals surface area contributed by atoms with Gasteiger partial charge in [0.1, 0.15) is 5.82 Å². The van der Waals surface area contributed by atoms with Gasteiger partial charge in [-0.15, -0.1) is 12.4 Å². The van der Waals surface area contributed by atoms with Gasteiger partial charge in [-0.2, -0.15) is 10.2 Å². The van der Waals surface area contributed by atoms with E-state index in [1.165, 1.54) is 11.3 Å². The van der Waals surface area contributed by atoms with E-state index in [1.807, 2.05) is 42.8 Å². The van der Waals surface area contributed by atoms with Crippen molar-refractivity contribution in [2.75, 3.05) is 5.32 Å². The lowest BCUT2D eigenvalue weighted by molar-refractivity contribution is 0.711. The van der Waals surface area contributed by atoms with Gasteiger partial charge in [-0.3, -0.25) is 9.36 Å². The van der Waals surface area contributed by atoms with E-state index in [-0.39, 0.29) is 12.4 Å². The Morgan fingerprint density at radius 3 is 2.12 bits per heavy atom. The zero-order valence-corrected chi connectivity index (χ0v) is 11.4. The molecular weight excluding hydrogens is 238 g/mol. The molecule has 0 saturated heterocycles. The van der Waals surface area contributed by atoms with E-state index >= 15 is 0 Å². The summed E-state index contributed by atoms with van der Waals surface area (Å²) in [4.78, 5) is 0. The van der Waals surface area contributed by atoms with Crippen LogP contribution in [-0.4, -0.2) is 19.6 Å². The topological polar surface area (TPSA) is 47.7 Å². The quantitative estimate of drug-likeness (QED) is 0.910. The number of anilines is 1. The number of halogens is 1. The van der Waals surface area contributed by atoms with Gasteiger partial charge in [0.2, 0.25) is 0 Å². The summed E-state index contributed by atoms with van der Waals surface area (Å²) in [6, 6.07) is 0. The average molecular weight is 256 g/mol. The predicted molar refractivity (Wildman–Crippen MR) is 70.5 cm³/mol. The fraction of sp³-hybridized carbons (Fsp3) is 0.455. The van der Waals surface area contributed by atoms with Crippen LogP contribution in [-0.2, 0) is 20.6 Å². The molecule has 0 fully saturated rings. The minimum atomic E-state index is 0. The minimum absolute atomic E-state index is 0. The number of nitrogens with one attached hydrogen (secondary N) is 1. The molecule has 0 atom stereocenters. The Morgan fingerprint density at radius 2 is 1.65 bits per heavy atom. The van der Waals surface area contributed by atoms with Crippen molar-refractivity contribution in [3.63, 3.8) is 0 Å². The molecule has 5 nitrogen and oxygen atoms in total. The van der Waals surface area contributed by atoms with E-state index in [1.54, 1.807) is 0 Å². The van der Waals surface area contributed by atoms with Gasteiger partial charge in [0.25, 0.3) is 0 Å². The fourth-order valence-electron chi connectivity index (χ4n) is 1.80. The van der Waals surface area contributed by atoms with Crippen LogP contribution in [0.1, 0.15) is 16.8 Å². The lowest BCUT2D eigenvalue weighted by atomic mass is 10.2. The molecule has 2 heterocycles. The molecule has 17 heavy (non-hydrogen) atoms. The third kappa shape index (κ3) is 2.61. The molecule has 6 heteroatoms. The Hall–Kier alpha value is -1.49. The lowest BCUT2D eigenvalue weighted by Crippen LogP contribution is -2.10. The monoisotopic (exact) mass is 255 g/mol. The van der Waals surface area contributed by atoms with Crippen LogP contribution in [0.3, 0.4) is 0 Å². The molecule has 0 radical (unpaired) electrons. The second-order valence-electron chi connectivity index (χ2n) is 4.05. The third-order valence-corrected chi connectivity index (χ3v) is 2.82. The molecule has 0 amide bonds. The lowest BCUT2D eigenvalue weighted by Gasteiger charge is -2.09. The number of rotatable bonds is 3. The van der Waals surface area contributed by atoms with Gasteiger partial charge in [0, 0.05) is 19.7 Å². The SMILES string of the molecule is Cc1cnn(C)c1CNc1c(C)cnn1C.Cl. The summed E-state index contributed by atoms with van der Waals surface area (Å²) >= 11 is 0. The fourth-order valence-corrected chi connectivity index (χ4v) is 1.80. The summed E-state index contributed by atoms with van der Waals surface area (Å²) in [5.41, 5.74) is 3.55. The molecule has 0 aliphatic rings. The van der Waals surface area contributed by atoms with Crippen molar-refractivity contribution in [1.82, 2.24) is 19.6 Å². The highest BCUT2D eigenvalue weighted by Crippen LogP contribution is 2.14. The summed E-state index contributed by atoms with van der Waals surface area (Å²) in [6.07, 6.45) is 3.74. The Labute approximate surface area is 107 Å². The summed E-state index contributed by atoms with van der Waals surface area (Å²) in [7, 11) is 3.89. The van der Waals surface area contributed by atoms with Crippen molar-refractivity contribution in [3.8, 4) is 0 Å². The maximum atomic E-state index is 4.22. The first-order valence-electron chi connectivity index (χ1n) is 5.29. The van der Waals surface area contributed by atoms with Gasteiger partial charge >= 0.3 is 0 Å². The predicted octanol–water partition coefficient (Wildman–Crippen LogP) is 1.80. The molecule has 0 bridgehead atoms. The van der Waals surface area contributed by atoms with Crippen molar-refractivity contribution in [3.05, 3.63) is 29.2 Å². The molecule has 0 aliphatic heterocycles. The molecule has 0 aromatic carbocycles. The van der Waals surface area contributed by atoms with Crippen LogP contribution >= 0.6 is 12.4 Å². The highest BCUT2D eigenvalue weighted by atomic mass is 35.5. The van der Waals surface area contributed by atoms with Crippen LogP contribution in [0.15, 0.2) is 12.4 Å². The van der Waals surface area contributed by atoms with Gasteiger partial charge in [0.15, 0.2) is 0 Å². The van der Waals surface area contributed by atoms with Gasteiger partial charge in [-0.05, 0) is 19.4 Å². The molecule has 0 unspecified atom stereocenters. The van der Waals surface area contributed by atoms with Crippen LogP contribution in [0.5, 0.6) is 0 Å². The summed E-state index contributed by atoms with van der Waals surface area (Å²) in [5, 5.41) is 11.8. The molecule has 1 N–H and O–H groups in total. The first-order chi connectivity index (χ1) is 7.59. The molecular formula is C11H18ClN5. The molecule has 2 aromatic heterocycles. The normalized spacial score (nSPS) is 10.1. The van der Waals surface area contributed by atoms with Crippen LogP contribution in [0.4, 0.5) is 5.82 Å². The molecule has 0 spiro atoms. The van der Waals surface area contributed by atoms with E-state index in [9.17, 15) is 0 Å². The third-order valence-electron chi connectivity index (χ3n) is 2.82. The number of nitrogens with zero attached hydrogens (tertiary/aromatic N) is 4. The Morgan fingerprint density at radius 1 is 1.06 bits per heavy atom. The number of aromatic nitrogens is 4. The van der Waals surface area contributed by atoms with Crippen molar-refractivity contribution in [2.45, 2.75) is 20.4 Å². The standard InChI is InChI=1S/C11H17N5.ClH/c1-8-5-13-15(3)10(8)7-12-11-9(2)6-14-16(11)4;/h5-6,12H,7H2,1-4H3;1H. The molecule has 94 valence electrons. The first kappa shape index (κ1) is 13.6. The van der Waals surface area contributed by atoms with Crippen LogP contribution in [0, 0.1) is 13.8 Å². The second kappa shape index (κ2) is 5.23. The molecule has 2 rings (SSSR count). The molecule has 0 aliphatic carbocycles. The zero-order chi connectivity index (χ0) is 11.7. The van der Waals surface area contributed by atoms with E-state index in [0.29, 0.717) is 0 Å². The molecule has 2 aromatic rings. The number of hydrogen-bond acceptors (Lipinski definition) is 3. The second-order valence-corrected chi connectivity index (χ2v) is 4.05. The van der Waals surface area contributed by atoms with Crippen LogP contribution < -0.4 is 5.32 Å². The van der Waals surface area contributed by atoms with E-state index in [0.717, 1.165) is 17.9 Å². The molecule has 0 saturated carbocycles. The largest absolute Gasteiger partial charge is 0.364 e.